The van der Waals surface area contributed by atoms with Gasteiger partial charge in [0.25, 0.3) is 0 Å². The molecule has 0 aliphatic heterocycles. The topological polar surface area (TPSA) is 99.8 Å². The van der Waals surface area contributed by atoms with Crippen LogP contribution in [0.3, 0.4) is 0 Å². The summed E-state index contributed by atoms with van der Waals surface area (Å²) in [6.45, 7) is 0. The molecule has 0 saturated heterocycles. The standard InChI is InChI=1S/C21H24ClN5O2S/c22-13-10-19(18-12-24-21-17(18)2-1-9-23-21)26-20(11-13)25-14-3-5-15(6-4-14)27-30(28,29)16-7-8-16/h1-2,9-12,14-16,27H,3-8H2,(H,23,24)(H,25,26). The van der Waals surface area contributed by atoms with Crippen molar-refractivity contribution in [1.29, 1.82) is 0 Å². The van der Waals surface area contributed by atoms with E-state index in [0.29, 0.717) is 5.02 Å². The van der Waals surface area contributed by atoms with E-state index in [1.54, 1.807) is 6.20 Å². The van der Waals surface area contributed by atoms with Gasteiger partial charge in [-0.05, 0) is 62.8 Å². The van der Waals surface area contributed by atoms with Gasteiger partial charge in [0.15, 0.2) is 0 Å². The van der Waals surface area contributed by atoms with E-state index in [1.165, 1.54) is 0 Å². The molecule has 0 amide bonds. The second-order valence-corrected chi connectivity index (χ2v) is 10.6. The molecular weight excluding hydrogens is 422 g/mol. The number of aromatic amines is 1. The van der Waals surface area contributed by atoms with Gasteiger partial charge < -0.3 is 10.3 Å². The monoisotopic (exact) mass is 445 g/mol. The highest BCUT2D eigenvalue weighted by Gasteiger charge is 2.37. The van der Waals surface area contributed by atoms with E-state index < -0.39 is 10.0 Å². The van der Waals surface area contributed by atoms with Crippen LogP contribution in [0.25, 0.3) is 22.3 Å². The van der Waals surface area contributed by atoms with E-state index in [-0.39, 0.29) is 17.3 Å². The number of nitrogens with one attached hydrogen (secondary N) is 3. The lowest BCUT2D eigenvalue weighted by molar-refractivity contribution is 0.387. The molecule has 2 aliphatic rings. The molecule has 2 saturated carbocycles. The van der Waals surface area contributed by atoms with E-state index >= 15 is 0 Å². The Bertz CT molecular complexity index is 1170. The van der Waals surface area contributed by atoms with E-state index in [4.69, 9.17) is 16.6 Å². The van der Waals surface area contributed by atoms with E-state index in [0.717, 1.165) is 66.6 Å². The van der Waals surface area contributed by atoms with Crippen LogP contribution in [0.1, 0.15) is 38.5 Å². The predicted octanol–water partition coefficient (Wildman–Crippen LogP) is 4.08. The van der Waals surface area contributed by atoms with Gasteiger partial charge in [-0.1, -0.05) is 11.6 Å². The van der Waals surface area contributed by atoms with Crippen LogP contribution >= 0.6 is 11.6 Å². The number of hydrogen-bond donors (Lipinski definition) is 3. The van der Waals surface area contributed by atoms with Gasteiger partial charge in [-0.2, -0.15) is 0 Å². The summed E-state index contributed by atoms with van der Waals surface area (Å²) in [5.74, 6) is 0.734. The Morgan fingerprint density at radius 1 is 1.07 bits per heavy atom. The molecule has 0 aromatic carbocycles. The van der Waals surface area contributed by atoms with Crippen LogP contribution in [0.5, 0.6) is 0 Å². The number of aromatic nitrogens is 3. The molecule has 0 atom stereocenters. The average Bonchev–Trinajstić information content (AvgIpc) is 3.49. The van der Waals surface area contributed by atoms with Gasteiger partial charge in [-0.15, -0.1) is 0 Å². The van der Waals surface area contributed by atoms with Crippen LogP contribution in [0.2, 0.25) is 5.02 Å². The van der Waals surface area contributed by atoms with E-state index in [2.05, 4.69) is 20.0 Å². The number of halogens is 1. The third-order valence-electron chi connectivity index (χ3n) is 5.89. The van der Waals surface area contributed by atoms with Crippen LogP contribution < -0.4 is 10.0 Å². The van der Waals surface area contributed by atoms with Gasteiger partial charge in [-0.3, -0.25) is 0 Å². The highest BCUT2D eigenvalue weighted by molar-refractivity contribution is 7.90. The maximum Gasteiger partial charge on any atom is 0.214 e. The lowest BCUT2D eigenvalue weighted by Crippen LogP contribution is -2.41. The molecular formula is C21H24ClN5O2S. The molecule has 0 spiro atoms. The summed E-state index contributed by atoms with van der Waals surface area (Å²) in [6.07, 6.45) is 8.66. The molecule has 3 aromatic rings. The third kappa shape index (κ3) is 4.17. The number of H-pyrrole nitrogens is 1. The van der Waals surface area contributed by atoms with Crippen LogP contribution in [0, 0.1) is 0 Å². The van der Waals surface area contributed by atoms with Gasteiger partial charge in [-0.25, -0.2) is 23.1 Å². The zero-order chi connectivity index (χ0) is 20.7. The van der Waals surface area contributed by atoms with E-state index in [1.807, 2.05) is 30.5 Å². The highest BCUT2D eigenvalue weighted by atomic mass is 35.5. The zero-order valence-corrected chi connectivity index (χ0v) is 18.0. The first kappa shape index (κ1) is 19.8. The van der Waals surface area contributed by atoms with Crippen molar-refractivity contribution in [1.82, 2.24) is 19.7 Å². The number of sulfonamides is 1. The predicted molar refractivity (Wildman–Crippen MR) is 119 cm³/mol. The largest absolute Gasteiger partial charge is 0.367 e. The van der Waals surface area contributed by atoms with Gasteiger partial charge in [0.05, 0.1) is 10.9 Å². The zero-order valence-electron chi connectivity index (χ0n) is 16.4. The van der Waals surface area contributed by atoms with Crippen molar-refractivity contribution < 1.29 is 8.42 Å². The maximum atomic E-state index is 12.2. The molecule has 7 nitrogen and oxygen atoms in total. The Morgan fingerprint density at radius 3 is 2.60 bits per heavy atom. The second-order valence-electron chi connectivity index (χ2n) is 8.21. The number of hydrogen-bond acceptors (Lipinski definition) is 5. The van der Waals surface area contributed by atoms with Crippen LogP contribution in [-0.2, 0) is 10.0 Å². The second kappa shape index (κ2) is 7.83. The first-order valence-corrected chi connectivity index (χ1v) is 12.3. The molecule has 0 radical (unpaired) electrons. The fourth-order valence-corrected chi connectivity index (χ4v) is 6.00. The van der Waals surface area contributed by atoms with Crippen molar-refractivity contribution in [3.05, 3.63) is 41.7 Å². The molecule has 2 aliphatic carbocycles. The number of fused-ring (bicyclic) bond motifs is 1. The molecule has 0 unspecified atom stereocenters. The normalized spacial score (nSPS) is 22.3. The Morgan fingerprint density at radius 2 is 1.83 bits per heavy atom. The Labute approximate surface area is 180 Å². The van der Waals surface area contributed by atoms with Crippen LogP contribution in [0.4, 0.5) is 5.82 Å². The molecule has 3 N–H and O–H groups in total. The summed E-state index contributed by atoms with van der Waals surface area (Å²) in [5, 5.41) is 4.95. The van der Waals surface area contributed by atoms with Gasteiger partial charge >= 0.3 is 0 Å². The summed E-state index contributed by atoms with van der Waals surface area (Å²) in [4.78, 5) is 12.3. The number of rotatable bonds is 6. The Hall–Kier alpha value is -2.16. The molecule has 9 heteroatoms. The lowest BCUT2D eigenvalue weighted by atomic mass is 9.92. The van der Waals surface area contributed by atoms with Crippen molar-refractivity contribution in [3.63, 3.8) is 0 Å². The summed E-state index contributed by atoms with van der Waals surface area (Å²) in [5.41, 5.74) is 2.56. The summed E-state index contributed by atoms with van der Waals surface area (Å²) in [7, 11) is -3.13. The lowest BCUT2D eigenvalue weighted by Gasteiger charge is -2.30. The number of anilines is 1. The van der Waals surface area contributed by atoms with Crippen molar-refractivity contribution in [2.24, 2.45) is 0 Å². The smallest absolute Gasteiger partial charge is 0.214 e. The van der Waals surface area contributed by atoms with E-state index in [9.17, 15) is 8.42 Å². The first-order valence-electron chi connectivity index (χ1n) is 10.4. The Balaban J connectivity index is 1.27. The van der Waals surface area contributed by atoms with Crippen LogP contribution in [0.15, 0.2) is 36.7 Å². The molecule has 0 bridgehead atoms. The highest BCUT2D eigenvalue weighted by Crippen LogP contribution is 2.32. The molecule has 158 valence electrons. The van der Waals surface area contributed by atoms with Gasteiger partial charge in [0, 0.05) is 40.4 Å². The molecule has 3 aromatic heterocycles. The summed E-state index contributed by atoms with van der Waals surface area (Å²) < 4.78 is 27.2. The third-order valence-corrected chi connectivity index (χ3v) is 8.12. The van der Waals surface area contributed by atoms with Crippen molar-refractivity contribution >= 4 is 38.5 Å². The average molecular weight is 446 g/mol. The molecule has 30 heavy (non-hydrogen) atoms. The van der Waals surface area contributed by atoms with Crippen molar-refractivity contribution in [2.45, 2.75) is 55.9 Å². The molecule has 5 rings (SSSR count). The fourth-order valence-electron chi connectivity index (χ4n) is 4.15. The molecule has 2 fully saturated rings. The fraction of sp³-hybridized carbons (Fsp3) is 0.429. The quantitative estimate of drug-likeness (QED) is 0.530. The molecule has 3 heterocycles. The summed E-state index contributed by atoms with van der Waals surface area (Å²) >= 11 is 6.38. The SMILES string of the molecule is O=S(=O)(NC1CCC(Nc2cc(Cl)cc(-c3c[nH]c4ncccc34)n2)CC1)C1CC1. The Kier molecular flexibility index (Phi) is 5.16. The summed E-state index contributed by atoms with van der Waals surface area (Å²) in [6, 6.07) is 7.88. The maximum absolute atomic E-state index is 12.2. The minimum atomic E-state index is -3.13. The van der Waals surface area contributed by atoms with Crippen LogP contribution in [-0.4, -0.2) is 40.7 Å². The number of nitrogens with zero attached hydrogens (tertiary/aromatic N) is 2. The van der Waals surface area contributed by atoms with Crippen molar-refractivity contribution in [2.75, 3.05) is 5.32 Å². The van der Waals surface area contributed by atoms with Gasteiger partial charge in [0.1, 0.15) is 11.5 Å². The minimum Gasteiger partial charge on any atom is -0.367 e. The van der Waals surface area contributed by atoms with Crippen molar-refractivity contribution in [3.8, 4) is 11.3 Å². The minimum absolute atomic E-state index is 0.0373. The van der Waals surface area contributed by atoms with Gasteiger partial charge in [0.2, 0.25) is 10.0 Å². The first-order chi connectivity index (χ1) is 14.5. The number of pyridine rings is 2.